The molecule has 0 radical (unpaired) electrons. The molecule has 0 atom stereocenters. The number of carbonyl (C=O) groups excluding carboxylic acids is 1. The van der Waals surface area contributed by atoms with Gasteiger partial charge in [0.1, 0.15) is 0 Å². The molecule has 1 aliphatic rings. The lowest BCUT2D eigenvalue weighted by Gasteiger charge is -2.24. The van der Waals surface area contributed by atoms with Crippen molar-refractivity contribution >= 4 is 11.9 Å². The van der Waals surface area contributed by atoms with Gasteiger partial charge in [-0.1, -0.05) is 5.92 Å². The molecule has 0 aromatic rings. The zero-order valence-electron chi connectivity index (χ0n) is 8.75. The maximum Gasteiger partial charge on any atom is 0.490 e. The number of piperazine rings is 1. The first-order valence-corrected chi connectivity index (χ1v) is 4.51. The smallest absolute Gasteiger partial charge is 0.475 e. The van der Waals surface area contributed by atoms with Gasteiger partial charge in [0, 0.05) is 13.1 Å². The van der Waals surface area contributed by atoms with Crippen LogP contribution in [-0.4, -0.2) is 54.2 Å². The second-order valence-corrected chi connectivity index (χ2v) is 3.00. The number of alkyl halides is 3. The molecule has 1 saturated heterocycles. The van der Waals surface area contributed by atoms with Crippen LogP contribution < -0.4 is 5.32 Å². The first-order valence-electron chi connectivity index (χ1n) is 4.51. The van der Waals surface area contributed by atoms with Gasteiger partial charge in [-0.05, 0) is 0 Å². The molecule has 17 heavy (non-hydrogen) atoms. The number of amides is 1. The van der Waals surface area contributed by atoms with Gasteiger partial charge in [-0.25, -0.2) is 4.79 Å². The van der Waals surface area contributed by atoms with E-state index in [0.717, 1.165) is 13.1 Å². The Bertz CT molecular complexity index is 322. The number of hydrogen-bond donors (Lipinski definition) is 2. The van der Waals surface area contributed by atoms with E-state index in [1.165, 1.54) is 0 Å². The summed E-state index contributed by atoms with van der Waals surface area (Å²) in [6.45, 7) is 2.47. The maximum absolute atomic E-state index is 11.0. The molecule has 2 N–H and O–H groups in total. The van der Waals surface area contributed by atoms with Crippen molar-refractivity contribution in [3.05, 3.63) is 0 Å². The van der Waals surface area contributed by atoms with Crippen LogP contribution in [0, 0.1) is 12.3 Å². The van der Waals surface area contributed by atoms with Gasteiger partial charge in [0.05, 0.1) is 13.1 Å². The van der Waals surface area contributed by atoms with Crippen LogP contribution in [0.15, 0.2) is 0 Å². The average Bonchev–Trinajstić information content (AvgIpc) is 2.21. The summed E-state index contributed by atoms with van der Waals surface area (Å²) in [6, 6.07) is 0. The van der Waals surface area contributed by atoms with Gasteiger partial charge in [-0.2, -0.15) is 13.2 Å². The third-order valence-electron chi connectivity index (χ3n) is 1.71. The van der Waals surface area contributed by atoms with Crippen molar-refractivity contribution in [2.75, 3.05) is 26.2 Å². The molecule has 0 unspecified atom stereocenters. The van der Waals surface area contributed by atoms with Gasteiger partial charge in [0.15, 0.2) is 0 Å². The van der Waals surface area contributed by atoms with Crippen molar-refractivity contribution in [3.63, 3.8) is 0 Å². The van der Waals surface area contributed by atoms with Crippen molar-refractivity contribution in [3.8, 4) is 12.3 Å². The van der Waals surface area contributed by atoms with Gasteiger partial charge in [0.25, 0.3) is 0 Å². The van der Waals surface area contributed by atoms with E-state index in [4.69, 9.17) is 16.3 Å². The minimum absolute atomic E-state index is 0.101. The fraction of sp³-hybridized carbons (Fsp3) is 0.556. The third kappa shape index (κ3) is 6.42. The fourth-order valence-corrected chi connectivity index (χ4v) is 0.923. The summed E-state index contributed by atoms with van der Waals surface area (Å²) in [5.74, 6) is -0.211. The molecule has 0 aromatic heterocycles. The van der Waals surface area contributed by atoms with E-state index in [0.29, 0.717) is 13.1 Å². The van der Waals surface area contributed by atoms with Crippen molar-refractivity contribution < 1.29 is 27.9 Å². The first kappa shape index (κ1) is 15.2. The number of halogens is 3. The fourth-order valence-electron chi connectivity index (χ4n) is 0.923. The monoisotopic (exact) mass is 252 g/mol. The molecule has 0 saturated carbocycles. The second-order valence-electron chi connectivity index (χ2n) is 3.00. The molecular formula is C9H11F3N2O3. The Morgan fingerprint density at radius 2 is 2.12 bits per heavy atom. The first-order chi connectivity index (χ1) is 7.79. The SMILES string of the molecule is C#CCN1CCNCC1=O.O=C(O)C(F)(F)F. The lowest BCUT2D eigenvalue weighted by molar-refractivity contribution is -0.192. The lowest BCUT2D eigenvalue weighted by atomic mass is 10.3. The lowest BCUT2D eigenvalue weighted by Crippen LogP contribution is -2.47. The molecule has 1 aliphatic heterocycles. The molecule has 8 heteroatoms. The van der Waals surface area contributed by atoms with Gasteiger partial charge in [-0.15, -0.1) is 6.42 Å². The van der Waals surface area contributed by atoms with Gasteiger partial charge in [-0.3, -0.25) is 4.79 Å². The van der Waals surface area contributed by atoms with Crippen LogP contribution in [0.3, 0.4) is 0 Å². The minimum atomic E-state index is -5.08. The predicted molar refractivity (Wildman–Crippen MR) is 52.0 cm³/mol. The van der Waals surface area contributed by atoms with Gasteiger partial charge in [0.2, 0.25) is 5.91 Å². The molecule has 0 aliphatic carbocycles. The Balaban J connectivity index is 0.000000325. The number of nitrogens with one attached hydrogen (secondary N) is 1. The zero-order valence-corrected chi connectivity index (χ0v) is 8.75. The Morgan fingerprint density at radius 3 is 2.47 bits per heavy atom. The molecule has 0 aromatic carbocycles. The molecule has 1 heterocycles. The van der Waals surface area contributed by atoms with E-state index in [-0.39, 0.29) is 5.91 Å². The van der Waals surface area contributed by atoms with Crippen molar-refractivity contribution in [1.29, 1.82) is 0 Å². The van der Waals surface area contributed by atoms with E-state index in [2.05, 4.69) is 11.2 Å². The van der Waals surface area contributed by atoms with Crippen LogP contribution in [0.2, 0.25) is 0 Å². The van der Waals surface area contributed by atoms with Gasteiger partial charge < -0.3 is 15.3 Å². The summed E-state index contributed by atoms with van der Waals surface area (Å²) >= 11 is 0. The normalized spacial score (nSPS) is 15.6. The molecule has 5 nitrogen and oxygen atoms in total. The number of aliphatic carboxylic acids is 1. The molecule has 1 rings (SSSR count). The molecule has 96 valence electrons. The van der Waals surface area contributed by atoms with Crippen LogP contribution in [-0.2, 0) is 9.59 Å². The summed E-state index contributed by atoms with van der Waals surface area (Å²) in [4.78, 5) is 21.5. The van der Waals surface area contributed by atoms with Crippen LogP contribution in [0.5, 0.6) is 0 Å². The standard InChI is InChI=1S/C7H10N2O.C2HF3O2/c1-2-4-9-5-3-8-6-7(9)10;3-2(4,5)1(6)7/h1,8H,3-6H2;(H,6,7). The Hall–Kier alpha value is -1.75. The summed E-state index contributed by atoms with van der Waals surface area (Å²) in [7, 11) is 0. The van der Waals surface area contributed by atoms with E-state index in [1.54, 1.807) is 4.90 Å². The molecular weight excluding hydrogens is 241 g/mol. The average molecular weight is 252 g/mol. The predicted octanol–water partition coefficient (Wildman–Crippen LogP) is -0.315. The second kappa shape index (κ2) is 6.75. The highest BCUT2D eigenvalue weighted by Crippen LogP contribution is 2.13. The van der Waals surface area contributed by atoms with Crippen molar-refractivity contribution in [1.82, 2.24) is 10.2 Å². The molecule has 0 spiro atoms. The van der Waals surface area contributed by atoms with Gasteiger partial charge >= 0.3 is 12.1 Å². The Morgan fingerprint density at radius 1 is 1.59 bits per heavy atom. The topological polar surface area (TPSA) is 69.6 Å². The van der Waals surface area contributed by atoms with Crippen molar-refractivity contribution in [2.45, 2.75) is 6.18 Å². The number of carbonyl (C=O) groups is 2. The van der Waals surface area contributed by atoms with Crippen molar-refractivity contribution in [2.24, 2.45) is 0 Å². The highest BCUT2D eigenvalue weighted by atomic mass is 19.4. The van der Waals surface area contributed by atoms with E-state index >= 15 is 0 Å². The Kier molecular flexibility index (Phi) is 6.06. The number of carboxylic acids is 1. The molecule has 0 bridgehead atoms. The number of hydrogen-bond acceptors (Lipinski definition) is 3. The molecule has 1 fully saturated rings. The highest BCUT2D eigenvalue weighted by Gasteiger charge is 2.38. The van der Waals surface area contributed by atoms with E-state index in [9.17, 15) is 18.0 Å². The number of terminal acetylenes is 1. The minimum Gasteiger partial charge on any atom is -0.475 e. The molecule has 1 amide bonds. The summed E-state index contributed by atoms with van der Waals surface area (Å²) in [6.07, 6.45) is -0.0261. The summed E-state index contributed by atoms with van der Waals surface area (Å²) in [5.41, 5.74) is 0. The van der Waals surface area contributed by atoms with Crippen LogP contribution >= 0.6 is 0 Å². The maximum atomic E-state index is 11.0. The highest BCUT2D eigenvalue weighted by molar-refractivity contribution is 5.79. The third-order valence-corrected chi connectivity index (χ3v) is 1.71. The number of nitrogens with zero attached hydrogens (tertiary/aromatic N) is 1. The summed E-state index contributed by atoms with van der Waals surface area (Å²) in [5, 5.41) is 10.1. The largest absolute Gasteiger partial charge is 0.490 e. The number of carboxylic acid groups (broad SMARTS) is 1. The van der Waals surface area contributed by atoms with Crippen LogP contribution in [0.25, 0.3) is 0 Å². The number of rotatable bonds is 1. The summed E-state index contributed by atoms with van der Waals surface area (Å²) < 4.78 is 31.7. The van der Waals surface area contributed by atoms with E-state index < -0.39 is 12.1 Å². The van der Waals surface area contributed by atoms with E-state index in [1.807, 2.05) is 0 Å². The van der Waals surface area contributed by atoms with Crippen LogP contribution in [0.4, 0.5) is 13.2 Å². The van der Waals surface area contributed by atoms with Crippen LogP contribution in [0.1, 0.15) is 0 Å². The Labute approximate surface area is 95.6 Å². The quantitative estimate of drug-likeness (QED) is 0.628. The zero-order chi connectivity index (χ0) is 13.5.